The molecule has 0 aliphatic heterocycles. The van der Waals surface area contributed by atoms with Gasteiger partial charge in [0.2, 0.25) is 0 Å². The Morgan fingerprint density at radius 1 is 1.19 bits per heavy atom. The second-order valence-electron chi connectivity index (χ2n) is 6.01. The zero-order valence-electron chi connectivity index (χ0n) is 13.9. The van der Waals surface area contributed by atoms with Gasteiger partial charge in [-0.25, -0.2) is 4.98 Å². The number of carbonyl (C=O) groups is 1. The van der Waals surface area contributed by atoms with Crippen molar-refractivity contribution in [1.29, 1.82) is 0 Å². The fraction of sp³-hybridized carbons (Fsp3) is 0.105. The number of aromatic nitrogens is 3. The van der Waals surface area contributed by atoms with E-state index in [9.17, 15) is 9.59 Å². The summed E-state index contributed by atoms with van der Waals surface area (Å²) in [6.45, 7) is 0.783. The number of rotatable bonds is 4. The van der Waals surface area contributed by atoms with Crippen LogP contribution >= 0.6 is 0 Å². The third-order valence-corrected chi connectivity index (χ3v) is 4.22. The first-order valence-corrected chi connectivity index (χ1v) is 8.21. The first-order valence-electron chi connectivity index (χ1n) is 8.21. The molecule has 26 heavy (non-hydrogen) atoms. The van der Waals surface area contributed by atoms with E-state index in [2.05, 4.69) is 15.3 Å². The first kappa shape index (κ1) is 16.0. The number of pyridine rings is 1. The molecular weight excluding hydrogens is 330 g/mol. The third kappa shape index (κ3) is 2.96. The fourth-order valence-electron chi connectivity index (χ4n) is 2.90. The quantitative estimate of drug-likeness (QED) is 0.521. The summed E-state index contributed by atoms with van der Waals surface area (Å²) in [6.07, 6.45) is 1.62. The Bertz CT molecular complexity index is 1180. The van der Waals surface area contributed by atoms with Crippen molar-refractivity contribution < 1.29 is 4.79 Å². The molecule has 1 aromatic carbocycles. The van der Waals surface area contributed by atoms with Gasteiger partial charge >= 0.3 is 0 Å². The predicted octanol–water partition coefficient (Wildman–Crippen LogP) is 1.56. The lowest BCUT2D eigenvalue weighted by atomic mass is 10.1. The minimum absolute atomic E-state index is 0.104. The van der Waals surface area contributed by atoms with E-state index in [4.69, 9.17) is 5.73 Å². The molecule has 4 N–H and O–H groups in total. The van der Waals surface area contributed by atoms with E-state index in [0.29, 0.717) is 18.7 Å². The van der Waals surface area contributed by atoms with Crippen LogP contribution in [0.1, 0.15) is 21.7 Å². The highest BCUT2D eigenvalue weighted by molar-refractivity contribution is 5.92. The van der Waals surface area contributed by atoms with Crippen LogP contribution in [0, 0.1) is 0 Å². The van der Waals surface area contributed by atoms with Gasteiger partial charge < -0.3 is 16.0 Å². The van der Waals surface area contributed by atoms with Crippen molar-refractivity contribution in [1.82, 2.24) is 19.7 Å². The van der Waals surface area contributed by atoms with Crippen molar-refractivity contribution in [3.63, 3.8) is 0 Å². The van der Waals surface area contributed by atoms with Gasteiger partial charge in [0.1, 0.15) is 11.3 Å². The molecule has 0 aliphatic rings. The van der Waals surface area contributed by atoms with Crippen LogP contribution in [-0.4, -0.2) is 20.3 Å². The van der Waals surface area contributed by atoms with E-state index in [-0.39, 0.29) is 17.2 Å². The largest absolute Gasteiger partial charge is 0.357 e. The van der Waals surface area contributed by atoms with E-state index in [1.54, 1.807) is 24.4 Å². The summed E-state index contributed by atoms with van der Waals surface area (Å²) in [5, 5.41) is 3.88. The molecule has 3 aromatic heterocycles. The normalized spacial score (nSPS) is 11.1. The minimum atomic E-state index is -0.386. The summed E-state index contributed by atoms with van der Waals surface area (Å²) < 4.78 is 1.39. The first-order chi connectivity index (χ1) is 12.6. The number of fused-ring (bicyclic) bond motifs is 2. The van der Waals surface area contributed by atoms with Gasteiger partial charge in [-0.2, -0.15) is 0 Å². The predicted molar refractivity (Wildman–Crippen MR) is 98.8 cm³/mol. The summed E-state index contributed by atoms with van der Waals surface area (Å²) in [7, 11) is 0. The van der Waals surface area contributed by atoms with Gasteiger partial charge in [-0.15, -0.1) is 0 Å². The summed E-state index contributed by atoms with van der Waals surface area (Å²) in [5.41, 5.74) is 8.77. The number of hydrogen-bond donors (Lipinski definition) is 3. The molecule has 0 atom stereocenters. The van der Waals surface area contributed by atoms with E-state index in [0.717, 1.165) is 22.2 Å². The van der Waals surface area contributed by atoms with Crippen molar-refractivity contribution in [3.8, 4) is 0 Å². The van der Waals surface area contributed by atoms with Gasteiger partial charge in [-0.1, -0.05) is 18.2 Å². The molecule has 0 fully saturated rings. The molecule has 130 valence electrons. The molecule has 0 saturated heterocycles. The smallest absolute Gasteiger partial charge is 0.270 e. The maximum Gasteiger partial charge on any atom is 0.270 e. The summed E-state index contributed by atoms with van der Waals surface area (Å²) in [5.74, 6) is -0.386. The maximum atomic E-state index is 12.4. The number of H-pyrrole nitrogens is 1. The number of nitrogens with one attached hydrogen (secondary N) is 2. The number of amides is 1. The van der Waals surface area contributed by atoms with Crippen LogP contribution < -0.4 is 16.6 Å². The summed E-state index contributed by atoms with van der Waals surface area (Å²) >= 11 is 0. The van der Waals surface area contributed by atoms with Crippen LogP contribution in [0.2, 0.25) is 0 Å². The van der Waals surface area contributed by atoms with Crippen molar-refractivity contribution in [3.05, 3.63) is 82.0 Å². The highest BCUT2D eigenvalue weighted by Crippen LogP contribution is 2.17. The Balaban J connectivity index is 1.54. The average Bonchev–Trinajstić information content (AvgIpc) is 3.08. The van der Waals surface area contributed by atoms with E-state index >= 15 is 0 Å². The number of hydrogen-bond acceptors (Lipinski definition) is 4. The molecule has 0 aliphatic carbocycles. The highest BCUT2D eigenvalue weighted by atomic mass is 16.2. The van der Waals surface area contributed by atoms with Gasteiger partial charge in [-0.05, 0) is 35.2 Å². The molecule has 0 radical (unpaired) electrons. The fourth-order valence-corrected chi connectivity index (χ4v) is 2.90. The lowest BCUT2D eigenvalue weighted by Crippen LogP contribution is -2.26. The van der Waals surface area contributed by atoms with Gasteiger partial charge in [-0.3, -0.25) is 14.0 Å². The second kappa shape index (κ2) is 6.45. The van der Waals surface area contributed by atoms with Gasteiger partial charge in [0.05, 0.1) is 0 Å². The third-order valence-electron chi connectivity index (χ3n) is 4.22. The van der Waals surface area contributed by atoms with Gasteiger partial charge in [0.15, 0.2) is 0 Å². The zero-order chi connectivity index (χ0) is 18.1. The number of carbonyl (C=O) groups excluding carboxylic acids is 1. The molecule has 0 unspecified atom stereocenters. The minimum Gasteiger partial charge on any atom is -0.357 e. The Morgan fingerprint density at radius 3 is 2.92 bits per heavy atom. The zero-order valence-corrected chi connectivity index (χ0v) is 13.9. The van der Waals surface area contributed by atoms with Crippen LogP contribution in [0.25, 0.3) is 16.6 Å². The van der Waals surface area contributed by atoms with Crippen LogP contribution in [0.15, 0.2) is 59.5 Å². The molecule has 0 bridgehead atoms. The molecule has 0 spiro atoms. The maximum absolute atomic E-state index is 12.4. The van der Waals surface area contributed by atoms with Crippen molar-refractivity contribution in [2.24, 2.45) is 5.73 Å². The second-order valence-corrected chi connectivity index (χ2v) is 6.01. The highest BCUT2D eigenvalue weighted by Gasteiger charge is 2.10. The van der Waals surface area contributed by atoms with E-state index < -0.39 is 0 Å². The molecule has 0 saturated carbocycles. The summed E-state index contributed by atoms with van der Waals surface area (Å²) in [6, 6.07) is 14.3. The SMILES string of the molecule is NCc1cc2ccc(CNC(=O)c3cc(=O)n4ccccc4n3)cc2[nH]1. The molecule has 4 rings (SSSR count). The Morgan fingerprint density at radius 2 is 2.08 bits per heavy atom. The Labute approximate surface area is 148 Å². The molecule has 4 aromatic rings. The van der Waals surface area contributed by atoms with E-state index in [1.165, 1.54) is 10.5 Å². The van der Waals surface area contributed by atoms with Crippen LogP contribution in [-0.2, 0) is 13.1 Å². The number of nitrogens with zero attached hydrogens (tertiary/aromatic N) is 2. The van der Waals surface area contributed by atoms with Crippen molar-refractivity contribution >= 4 is 22.5 Å². The van der Waals surface area contributed by atoms with Gasteiger partial charge in [0.25, 0.3) is 11.5 Å². The molecule has 7 nitrogen and oxygen atoms in total. The molecular formula is C19H17N5O2. The monoisotopic (exact) mass is 347 g/mol. The molecule has 3 heterocycles. The van der Waals surface area contributed by atoms with Crippen LogP contribution in [0.3, 0.4) is 0 Å². The van der Waals surface area contributed by atoms with Crippen molar-refractivity contribution in [2.75, 3.05) is 0 Å². The molecule has 7 heteroatoms. The van der Waals surface area contributed by atoms with E-state index in [1.807, 2.05) is 24.3 Å². The van der Waals surface area contributed by atoms with Crippen LogP contribution in [0.5, 0.6) is 0 Å². The van der Waals surface area contributed by atoms with Gasteiger partial charge in [0, 0.05) is 36.6 Å². The standard InChI is InChI=1S/C19H17N5O2/c20-10-14-8-13-5-4-12(7-15(13)22-14)11-21-19(26)16-9-18(25)24-6-2-1-3-17(24)23-16/h1-9,22H,10-11,20H2,(H,21,26). The topological polar surface area (TPSA) is 105 Å². The summed E-state index contributed by atoms with van der Waals surface area (Å²) in [4.78, 5) is 31.9. The lowest BCUT2D eigenvalue weighted by Gasteiger charge is -2.06. The lowest BCUT2D eigenvalue weighted by molar-refractivity contribution is 0.0946. The van der Waals surface area contributed by atoms with Crippen molar-refractivity contribution in [2.45, 2.75) is 13.1 Å². The Hall–Kier alpha value is -3.45. The van der Waals surface area contributed by atoms with Crippen LogP contribution in [0.4, 0.5) is 0 Å². The number of aromatic amines is 1. The Kier molecular flexibility index (Phi) is 3.98. The number of benzene rings is 1. The molecule has 1 amide bonds. The number of nitrogens with two attached hydrogens (primary N) is 1. The average molecular weight is 347 g/mol.